The van der Waals surface area contributed by atoms with Gasteiger partial charge in [-0.3, -0.25) is 0 Å². The molecule has 0 aliphatic rings. The highest BCUT2D eigenvalue weighted by molar-refractivity contribution is 8.06. The average molecular weight is 289 g/mol. The molecule has 0 aliphatic carbocycles. The minimum absolute atomic E-state index is 0.275. The summed E-state index contributed by atoms with van der Waals surface area (Å²) in [7, 11) is 0. The van der Waals surface area contributed by atoms with E-state index in [1.54, 1.807) is 0 Å². The van der Waals surface area contributed by atoms with Crippen LogP contribution in [0.5, 0.6) is 0 Å². The van der Waals surface area contributed by atoms with Crippen molar-refractivity contribution in [2.45, 2.75) is 92.4 Å². The molecule has 0 heterocycles. The summed E-state index contributed by atoms with van der Waals surface area (Å²) in [6.45, 7) is 23.0. The van der Waals surface area contributed by atoms with Crippen LogP contribution in [0.1, 0.15) is 82.1 Å². The Bertz CT molecular complexity index is 270. The molecule has 1 radical (unpaired) electrons. The molecule has 109 valence electrons. The van der Waals surface area contributed by atoms with Crippen LogP contribution in [0, 0.1) is 10.8 Å². The molecule has 0 aromatic rings. The van der Waals surface area contributed by atoms with Gasteiger partial charge in [-0.2, -0.15) is 0 Å². The van der Waals surface area contributed by atoms with E-state index in [0.29, 0.717) is 10.8 Å². The highest BCUT2D eigenvalue weighted by Gasteiger charge is 2.38. The maximum Gasteiger partial charge on any atom is 0.0101 e. The van der Waals surface area contributed by atoms with Gasteiger partial charge in [0.05, 0.1) is 0 Å². The van der Waals surface area contributed by atoms with E-state index in [0.717, 1.165) is 0 Å². The summed E-state index contributed by atoms with van der Waals surface area (Å²) in [6.07, 6.45) is 2.42. The Balaban J connectivity index is 5.02. The van der Waals surface area contributed by atoms with Gasteiger partial charge in [0.15, 0.2) is 0 Å². The van der Waals surface area contributed by atoms with Crippen molar-refractivity contribution in [1.29, 1.82) is 0 Å². The second-order valence-corrected chi connectivity index (χ2v) is 13.5. The number of hydrogen-bond acceptors (Lipinski definition) is 1. The smallest absolute Gasteiger partial charge is 0.0101 e. The molecule has 0 amide bonds. The first-order chi connectivity index (χ1) is 7.57. The monoisotopic (exact) mass is 289 g/mol. The van der Waals surface area contributed by atoms with Crippen LogP contribution >= 0.6 is 6.70 Å². The highest BCUT2D eigenvalue weighted by Crippen LogP contribution is 2.57. The molecule has 0 atom stereocenters. The van der Waals surface area contributed by atoms with Crippen LogP contribution in [0.4, 0.5) is 0 Å². The molecule has 0 aliphatic heterocycles. The van der Waals surface area contributed by atoms with Crippen molar-refractivity contribution < 1.29 is 0 Å². The zero-order valence-corrected chi connectivity index (χ0v) is 16.0. The van der Waals surface area contributed by atoms with Gasteiger partial charge < -0.3 is 0 Å². The minimum Gasteiger partial charge on any atom is -0.0693 e. The second kappa shape index (κ2) is 5.49. The second-order valence-electron chi connectivity index (χ2n) is 9.39. The van der Waals surface area contributed by atoms with Crippen LogP contribution < -0.4 is 0 Å². The SMILES string of the molecule is CC(C)(C)CC(C)(C)[P](=S)C(C)(C)CC(C)(C)C. The van der Waals surface area contributed by atoms with E-state index in [1.807, 2.05) is 0 Å². The highest BCUT2D eigenvalue weighted by atomic mass is 32.4. The molecule has 18 heavy (non-hydrogen) atoms. The number of rotatable bonds is 4. The molecule has 0 bridgehead atoms. The Morgan fingerprint density at radius 2 is 0.833 bits per heavy atom. The fraction of sp³-hybridized carbons (Fsp3) is 1.00. The largest absolute Gasteiger partial charge is 0.0693 e. The molecule has 0 aromatic carbocycles. The van der Waals surface area contributed by atoms with Gasteiger partial charge in [-0.25, -0.2) is 0 Å². The van der Waals surface area contributed by atoms with E-state index < -0.39 is 6.70 Å². The van der Waals surface area contributed by atoms with Crippen molar-refractivity contribution in [2.75, 3.05) is 0 Å². The van der Waals surface area contributed by atoms with Gasteiger partial charge in [0, 0.05) is 10.3 Å². The summed E-state index contributed by atoms with van der Waals surface area (Å²) in [5, 5.41) is 0.551. The summed E-state index contributed by atoms with van der Waals surface area (Å²) in [5.41, 5.74) is 0.724. The normalized spacial score (nSPS) is 14.8. The van der Waals surface area contributed by atoms with Gasteiger partial charge in [-0.15, -0.1) is 0 Å². The van der Waals surface area contributed by atoms with Gasteiger partial charge in [0.1, 0.15) is 0 Å². The van der Waals surface area contributed by atoms with Gasteiger partial charge >= 0.3 is 0 Å². The van der Waals surface area contributed by atoms with E-state index in [9.17, 15) is 0 Å². The Morgan fingerprint density at radius 3 is 1.00 bits per heavy atom. The van der Waals surface area contributed by atoms with Crippen LogP contribution in [0.2, 0.25) is 0 Å². The molecule has 0 nitrogen and oxygen atoms in total. The lowest BCUT2D eigenvalue weighted by molar-refractivity contribution is 0.320. The fourth-order valence-corrected chi connectivity index (χ4v) is 6.82. The Kier molecular flexibility index (Phi) is 5.65. The van der Waals surface area contributed by atoms with Gasteiger partial charge in [0.2, 0.25) is 0 Å². The van der Waals surface area contributed by atoms with E-state index >= 15 is 0 Å². The number of hydrogen-bond donors (Lipinski definition) is 0. The molecule has 0 fully saturated rings. The third-order valence-electron chi connectivity index (χ3n) is 3.03. The lowest BCUT2D eigenvalue weighted by atomic mass is 9.85. The molecular formula is C16H34PS. The van der Waals surface area contributed by atoms with Crippen molar-refractivity contribution in [3.05, 3.63) is 0 Å². The summed E-state index contributed by atoms with van der Waals surface area (Å²) >= 11 is 6.01. The van der Waals surface area contributed by atoms with Gasteiger partial charge in [0.25, 0.3) is 0 Å². The van der Waals surface area contributed by atoms with Crippen molar-refractivity contribution in [3.8, 4) is 0 Å². The predicted molar refractivity (Wildman–Crippen MR) is 90.6 cm³/mol. The van der Waals surface area contributed by atoms with E-state index in [2.05, 4.69) is 69.2 Å². The quantitative estimate of drug-likeness (QED) is 0.543. The molecule has 0 saturated heterocycles. The standard InChI is InChI=1S/C16H34PS/c1-13(2,3)11-15(7,8)17(18)16(9,10)12-14(4,5)6/h11-12H2,1-10H3. The summed E-state index contributed by atoms with van der Waals surface area (Å²) in [5.74, 6) is 0. The Hall–Kier alpha value is 0.520. The maximum atomic E-state index is 6.01. The molecule has 0 saturated carbocycles. The molecule has 0 unspecified atom stereocenters. The zero-order chi connectivity index (χ0) is 15.0. The van der Waals surface area contributed by atoms with E-state index in [4.69, 9.17) is 11.8 Å². The summed E-state index contributed by atoms with van der Waals surface area (Å²) < 4.78 is 0. The van der Waals surface area contributed by atoms with Crippen molar-refractivity contribution >= 4 is 18.5 Å². The van der Waals surface area contributed by atoms with Crippen LogP contribution in [0.15, 0.2) is 0 Å². The zero-order valence-electron chi connectivity index (χ0n) is 14.3. The molecule has 0 N–H and O–H groups in total. The predicted octanol–water partition coefficient (Wildman–Crippen LogP) is 6.36. The first kappa shape index (κ1) is 18.5. The van der Waals surface area contributed by atoms with Crippen molar-refractivity contribution in [3.63, 3.8) is 0 Å². The molecule has 2 heteroatoms. The first-order valence-corrected chi connectivity index (χ1v) is 9.40. The Labute approximate surface area is 122 Å². The van der Waals surface area contributed by atoms with E-state index in [-0.39, 0.29) is 10.3 Å². The third kappa shape index (κ3) is 6.62. The molecule has 0 aromatic heterocycles. The maximum absolute atomic E-state index is 6.01. The van der Waals surface area contributed by atoms with Gasteiger partial charge in [-0.1, -0.05) is 87.7 Å². The summed E-state index contributed by atoms with van der Waals surface area (Å²) in [6, 6.07) is 0. The van der Waals surface area contributed by atoms with Crippen molar-refractivity contribution in [2.24, 2.45) is 10.8 Å². The fourth-order valence-electron chi connectivity index (χ4n) is 3.56. The van der Waals surface area contributed by atoms with Crippen molar-refractivity contribution in [1.82, 2.24) is 0 Å². The topological polar surface area (TPSA) is 0 Å². The summed E-state index contributed by atoms with van der Waals surface area (Å²) in [4.78, 5) is 0. The molecule has 0 spiro atoms. The Morgan fingerprint density at radius 1 is 0.611 bits per heavy atom. The first-order valence-electron chi connectivity index (χ1n) is 7.04. The van der Waals surface area contributed by atoms with Crippen LogP contribution in [0.3, 0.4) is 0 Å². The third-order valence-corrected chi connectivity index (χ3v) is 8.51. The lowest BCUT2D eigenvalue weighted by Gasteiger charge is -2.43. The molecule has 0 rings (SSSR count). The minimum atomic E-state index is -0.412. The van der Waals surface area contributed by atoms with Crippen LogP contribution in [-0.4, -0.2) is 10.3 Å². The van der Waals surface area contributed by atoms with Crippen LogP contribution in [-0.2, 0) is 11.8 Å². The molecular weight excluding hydrogens is 255 g/mol. The van der Waals surface area contributed by atoms with Crippen LogP contribution in [0.25, 0.3) is 0 Å². The van der Waals surface area contributed by atoms with Gasteiger partial charge in [-0.05, 0) is 23.7 Å². The average Bonchev–Trinajstić information content (AvgIpc) is 1.92. The lowest BCUT2D eigenvalue weighted by Crippen LogP contribution is -2.32. The van der Waals surface area contributed by atoms with E-state index in [1.165, 1.54) is 12.8 Å².